The summed E-state index contributed by atoms with van der Waals surface area (Å²) in [6.07, 6.45) is -0.744. The molecule has 1 aromatic carbocycles. The fraction of sp³-hybridized carbons (Fsp3) is 0.364. The normalized spacial score (nSPS) is 14.5. The van der Waals surface area contributed by atoms with Crippen LogP contribution >= 0.6 is 0 Å². The summed E-state index contributed by atoms with van der Waals surface area (Å²) in [5.41, 5.74) is 4.78. The number of carboxylic acids is 1. The van der Waals surface area contributed by atoms with E-state index in [0.29, 0.717) is 6.42 Å². The molecule has 0 spiro atoms. The van der Waals surface area contributed by atoms with Crippen LogP contribution in [-0.2, 0) is 11.2 Å². The molecule has 0 aromatic heterocycles. The van der Waals surface area contributed by atoms with E-state index in [0.717, 1.165) is 5.56 Å². The molecule has 0 heterocycles. The van der Waals surface area contributed by atoms with Crippen LogP contribution < -0.4 is 10.8 Å². The van der Waals surface area contributed by atoms with Gasteiger partial charge in [0.05, 0.1) is 0 Å². The highest BCUT2D eigenvalue weighted by molar-refractivity contribution is 5.64. The molecule has 82 valence electrons. The van der Waals surface area contributed by atoms with Gasteiger partial charge in [0.15, 0.2) is 0 Å². The van der Waals surface area contributed by atoms with Gasteiger partial charge in [-0.1, -0.05) is 30.3 Å². The van der Waals surface area contributed by atoms with Crippen LogP contribution in [0.5, 0.6) is 0 Å². The van der Waals surface area contributed by atoms with Gasteiger partial charge in [0.2, 0.25) is 0 Å². The Labute approximate surface area is 88.3 Å². The van der Waals surface area contributed by atoms with Crippen LogP contribution in [0.1, 0.15) is 12.0 Å². The third-order valence-corrected chi connectivity index (χ3v) is 2.26. The highest BCUT2D eigenvalue weighted by Crippen LogP contribution is 2.05. The van der Waals surface area contributed by atoms with Gasteiger partial charge in [0, 0.05) is 18.8 Å². The molecule has 0 unspecified atom stereocenters. The van der Waals surface area contributed by atoms with Crippen LogP contribution in [0, 0.1) is 0 Å². The molecule has 0 aliphatic heterocycles. The summed E-state index contributed by atoms with van der Waals surface area (Å²) < 4.78 is 0. The fourth-order valence-electron chi connectivity index (χ4n) is 1.39. The zero-order chi connectivity index (χ0) is 11.3. The minimum Gasteiger partial charge on any atom is -0.550 e. The second kappa shape index (κ2) is 5.48. The molecule has 0 aliphatic carbocycles. The van der Waals surface area contributed by atoms with Gasteiger partial charge >= 0.3 is 0 Å². The van der Waals surface area contributed by atoms with Crippen molar-refractivity contribution in [3.8, 4) is 0 Å². The van der Waals surface area contributed by atoms with Crippen molar-refractivity contribution in [2.45, 2.75) is 25.0 Å². The second-order valence-corrected chi connectivity index (χ2v) is 3.59. The van der Waals surface area contributed by atoms with Gasteiger partial charge in [-0.2, -0.15) is 0 Å². The standard InChI is InChI=1S/C11H15NO3/c12-9(10(13)7-11(14)15)6-8-4-2-1-3-5-8/h1-5,9-10,13H,6-7,12H2,(H,14,15)/t9-,10+/m0/s1. The number of quaternary nitrogens is 1. The molecule has 0 amide bonds. The molecule has 0 radical (unpaired) electrons. The molecule has 4 heteroatoms. The highest BCUT2D eigenvalue weighted by Gasteiger charge is 2.18. The zero-order valence-corrected chi connectivity index (χ0v) is 8.43. The minimum atomic E-state index is -1.25. The number of aliphatic hydroxyl groups excluding tert-OH is 1. The largest absolute Gasteiger partial charge is 0.550 e. The first-order valence-corrected chi connectivity index (χ1v) is 4.84. The topological polar surface area (TPSA) is 88.0 Å². The third kappa shape index (κ3) is 4.10. The number of carbonyl (C=O) groups is 1. The van der Waals surface area contributed by atoms with Crippen molar-refractivity contribution in [1.29, 1.82) is 0 Å². The maximum absolute atomic E-state index is 10.3. The summed E-state index contributed by atoms with van der Waals surface area (Å²) >= 11 is 0. The Bertz CT molecular complexity index is 313. The number of aliphatic hydroxyl groups is 1. The minimum absolute atomic E-state index is 0.328. The first-order valence-electron chi connectivity index (χ1n) is 4.84. The number of hydrogen-bond acceptors (Lipinski definition) is 3. The van der Waals surface area contributed by atoms with E-state index in [-0.39, 0.29) is 12.5 Å². The molecule has 0 saturated carbocycles. The van der Waals surface area contributed by atoms with Crippen molar-refractivity contribution in [2.75, 3.05) is 0 Å². The predicted molar refractivity (Wildman–Crippen MR) is 52.5 cm³/mol. The van der Waals surface area contributed by atoms with Crippen molar-refractivity contribution >= 4 is 5.97 Å². The summed E-state index contributed by atoms with van der Waals surface area (Å²) in [5, 5.41) is 19.7. The van der Waals surface area contributed by atoms with Crippen molar-refractivity contribution < 1.29 is 20.7 Å². The molecule has 1 aromatic rings. The van der Waals surface area contributed by atoms with Gasteiger partial charge in [-0.15, -0.1) is 0 Å². The van der Waals surface area contributed by atoms with E-state index in [1.807, 2.05) is 30.3 Å². The summed E-state index contributed by atoms with van der Waals surface area (Å²) in [6.45, 7) is 0. The van der Waals surface area contributed by atoms with Crippen molar-refractivity contribution in [1.82, 2.24) is 0 Å². The Hall–Kier alpha value is -1.39. The molecule has 4 nitrogen and oxygen atoms in total. The lowest BCUT2D eigenvalue weighted by molar-refractivity contribution is -0.438. The lowest BCUT2D eigenvalue weighted by Gasteiger charge is -2.16. The van der Waals surface area contributed by atoms with E-state index in [1.54, 1.807) is 0 Å². The molecule has 2 atom stereocenters. The van der Waals surface area contributed by atoms with Crippen LogP contribution in [0.4, 0.5) is 0 Å². The Kier molecular flexibility index (Phi) is 4.27. The lowest BCUT2D eigenvalue weighted by Crippen LogP contribution is -2.67. The molecule has 0 aliphatic rings. The van der Waals surface area contributed by atoms with Gasteiger partial charge in [0.25, 0.3) is 0 Å². The monoisotopic (exact) mass is 209 g/mol. The van der Waals surface area contributed by atoms with Crippen molar-refractivity contribution in [3.05, 3.63) is 35.9 Å². The van der Waals surface area contributed by atoms with Crippen LogP contribution in [0.3, 0.4) is 0 Å². The Morgan fingerprint density at radius 3 is 2.53 bits per heavy atom. The molecule has 0 fully saturated rings. The molecule has 0 bridgehead atoms. The molecule has 1 rings (SSSR count). The van der Waals surface area contributed by atoms with Gasteiger partial charge in [-0.25, -0.2) is 0 Å². The third-order valence-electron chi connectivity index (χ3n) is 2.26. The van der Waals surface area contributed by atoms with Crippen molar-refractivity contribution in [2.24, 2.45) is 0 Å². The molecular formula is C11H15NO3. The Morgan fingerprint density at radius 2 is 2.00 bits per heavy atom. The first-order chi connectivity index (χ1) is 7.09. The average Bonchev–Trinajstić information content (AvgIpc) is 2.18. The van der Waals surface area contributed by atoms with E-state index in [4.69, 9.17) is 0 Å². The fourth-order valence-corrected chi connectivity index (χ4v) is 1.39. The molecular weight excluding hydrogens is 194 g/mol. The number of aliphatic carboxylic acids is 1. The Balaban J connectivity index is 2.48. The van der Waals surface area contributed by atoms with E-state index in [9.17, 15) is 15.0 Å². The summed E-state index contributed by atoms with van der Waals surface area (Å²) in [6, 6.07) is 9.21. The van der Waals surface area contributed by atoms with E-state index in [2.05, 4.69) is 5.73 Å². The molecule has 4 N–H and O–H groups in total. The SMILES string of the molecule is [NH3+][C@@H](Cc1ccccc1)[C@H](O)CC(=O)[O-]. The first kappa shape index (κ1) is 11.7. The van der Waals surface area contributed by atoms with Crippen LogP contribution in [0.25, 0.3) is 0 Å². The van der Waals surface area contributed by atoms with E-state index < -0.39 is 12.1 Å². The number of rotatable bonds is 5. The Morgan fingerprint density at radius 1 is 1.40 bits per heavy atom. The zero-order valence-electron chi connectivity index (χ0n) is 8.43. The number of benzene rings is 1. The van der Waals surface area contributed by atoms with Gasteiger partial charge in [-0.05, 0) is 5.56 Å². The number of carbonyl (C=O) groups excluding carboxylic acids is 1. The van der Waals surface area contributed by atoms with Gasteiger partial charge in [-0.3, -0.25) is 0 Å². The molecule has 0 saturated heterocycles. The smallest absolute Gasteiger partial charge is 0.115 e. The van der Waals surface area contributed by atoms with Gasteiger partial charge < -0.3 is 20.7 Å². The maximum atomic E-state index is 10.3. The summed E-state index contributed by atoms with van der Waals surface area (Å²) in [5.74, 6) is -1.25. The predicted octanol–water partition coefficient (Wildman–Crippen LogP) is -1.66. The number of carboxylic acid groups (broad SMARTS) is 1. The van der Waals surface area contributed by atoms with Crippen LogP contribution in [0.2, 0.25) is 0 Å². The summed E-state index contributed by atoms with van der Waals surface area (Å²) in [4.78, 5) is 10.3. The second-order valence-electron chi connectivity index (χ2n) is 3.59. The van der Waals surface area contributed by atoms with Crippen LogP contribution in [0.15, 0.2) is 30.3 Å². The van der Waals surface area contributed by atoms with Crippen molar-refractivity contribution in [3.63, 3.8) is 0 Å². The highest BCUT2D eigenvalue weighted by atomic mass is 16.4. The van der Waals surface area contributed by atoms with Gasteiger partial charge in [0.1, 0.15) is 12.1 Å². The number of hydrogen-bond donors (Lipinski definition) is 2. The lowest BCUT2D eigenvalue weighted by atomic mass is 10.0. The van der Waals surface area contributed by atoms with E-state index >= 15 is 0 Å². The molecule has 15 heavy (non-hydrogen) atoms. The quantitative estimate of drug-likeness (QED) is 0.608. The summed E-state index contributed by atoms with van der Waals surface area (Å²) in [7, 11) is 0. The van der Waals surface area contributed by atoms with Crippen LogP contribution in [-0.4, -0.2) is 23.2 Å². The average molecular weight is 209 g/mol. The maximum Gasteiger partial charge on any atom is 0.115 e. The van der Waals surface area contributed by atoms with E-state index in [1.165, 1.54) is 0 Å².